The largest absolute Gasteiger partial charge is 0.320 e. The predicted molar refractivity (Wildman–Crippen MR) is 161 cm³/mol. The van der Waals surface area contributed by atoms with Crippen LogP contribution < -0.4 is 4.90 Å². The molecule has 1 aliphatic rings. The number of carbonyl (C=O) groups is 1. The van der Waals surface area contributed by atoms with Crippen LogP contribution in [0.3, 0.4) is 0 Å². The molecular formula is C35H42N2O. The van der Waals surface area contributed by atoms with Gasteiger partial charge >= 0.3 is 0 Å². The minimum Gasteiger partial charge on any atom is -0.320 e. The normalized spacial score (nSPS) is 14.7. The van der Waals surface area contributed by atoms with E-state index in [0.717, 1.165) is 16.8 Å². The van der Waals surface area contributed by atoms with E-state index < -0.39 is 0 Å². The van der Waals surface area contributed by atoms with Gasteiger partial charge in [-0.3, -0.25) is 4.79 Å². The molecule has 1 fully saturated rings. The van der Waals surface area contributed by atoms with Gasteiger partial charge in [0.25, 0.3) is 5.91 Å². The number of nitrogens with zero attached hydrogens (tertiary/aromatic N) is 2. The fourth-order valence-corrected chi connectivity index (χ4v) is 6.25. The lowest BCUT2D eigenvalue weighted by Gasteiger charge is -2.25. The molecule has 0 atom stereocenters. The summed E-state index contributed by atoms with van der Waals surface area (Å²) in [7, 11) is 1.90. The summed E-state index contributed by atoms with van der Waals surface area (Å²) in [6.07, 6.45) is 8.49. The van der Waals surface area contributed by atoms with Crippen LogP contribution in [0.15, 0.2) is 60.8 Å². The molecule has 4 aromatic rings. The number of hydrogen-bond acceptors (Lipinski definition) is 1. The van der Waals surface area contributed by atoms with Gasteiger partial charge in [-0.25, -0.2) is 0 Å². The number of anilines is 1. The second kappa shape index (κ2) is 10.1. The molecule has 0 aliphatic heterocycles. The molecule has 0 radical (unpaired) electrons. The van der Waals surface area contributed by atoms with Crippen LogP contribution in [0.2, 0.25) is 0 Å². The zero-order valence-electron chi connectivity index (χ0n) is 24.2. The number of aryl methyl sites for hydroxylation is 3. The molecule has 1 aliphatic carbocycles. The monoisotopic (exact) mass is 506 g/mol. The van der Waals surface area contributed by atoms with Gasteiger partial charge in [-0.05, 0) is 85.9 Å². The van der Waals surface area contributed by atoms with Crippen LogP contribution >= 0.6 is 0 Å². The highest BCUT2D eigenvalue weighted by molar-refractivity contribution is 6.07. The third kappa shape index (κ3) is 5.04. The van der Waals surface area contributed by atoms with Gasteiger partial charge in [0.05, 0.1) is 5.52 Å². The first-order valence-electron chi connectivity index (χ1n) is 14.2. The van der Waals surface area contributed by atoms with Crippen LogP contribution in [0, 0.1) is 20.8 Å². The highest BCUT2D eigenvalue weighted by Crippen LogP contribution is 2.38. The van der Waals surface area contributed by atoms with Crippen molar-refractivity contribution in [1.82, 2.24) is 4.40 Å². The average Bonchev–Trinajstić information content (AvgIpc) is 3.22. The Hall–Kier alpha value is -3.33. The Kier molecular flexibility index (Phi) is 6.98. The van der Waals surface area contributed by atoms with Gasteiger partial charge in [-0.15, -0.1) is 0 Å². The maximum atomic E-state index is 14.0. The quantitative estimate of drug-likeness (QED) is 0.271. The van der Waals surface area contributed by atoms with Crippen molar-refractivity contribution in [1.29, 1.82) is 0 Å². The summed E-state index contributed by atoms with van der Waals surface area (Å²) in [5.74, 6) is 0.521. The number of carbonyl (C=O) groups excluding carboxylic acids is 1. The summed E-state index contributed by atoms with van der Waals surface area (Å²) in [5.41, 5.74) is 11.7. The molecular weight excluding hydrogens is 464 g/mol. The number of fused-ring (bicyclic) bond motifs is 1. The van der Waals surface area contributed by atoms with Crippen LogP contribution in [0.1, 0.15) is 97.1 Å². The van der Waals surface area contributed by atoms with E-state index in [9.17, 15) is 4.79 Å². The summed E-state index contributed by atoms with van der Waals surface area (Å²) < 4.78 is 2.38. The van der Waals surface area contributed by atoms with Crippen molar-refractivity contribution in [3.8, 4) is 11.1 Å². The van der Waals surface area contributed by atoms with Crippen LogP contribution in [0.4, 0.5) is 5.69 Å². The summed E-state index contributed by atoms with van der Waals surface area (Å²) in [6.45, 7) is 13.2. The summed E-state index contributed by atoms with van der Waals surface area (Å²) in [4.78, 5) is 15.8. The highest BCUT2D eigenvalue weighted by atomic mass is 16.2. The summed E-state index contributed by atoms with van der Waals surface area (Å²) >= 11 is 0. The smallest absolute Gasteiger partial charge is 0.258 e. The molecule has 198 valence electrons. The highest BCUT2D eigenvalue weighted by Gasteiger charge is 2.24. The van der Waals surface area contributed by atoms with Crippen molar-refractivity contribution in [2.24, 2.45) is 0 Å². The van der Waals surface area contributed by atoms with Crippen molar-refractivity contribution in [3.63, 3.8) is 0 Å². The molecule has 38 heavy (non-hydrogen) atoms. The molecule has 0 unspecified atom stereocenters. The zero-order valence-corrected chi connectivity index (χ0v) is 24.2. The molecule has 0 N–H and O–H groups in total. The first-order valence-corrected chi connectivity index (χ1v) is 14.2. The van der Waals surface area contributed by atoms with Gasteiger partial charge in [-0.2, -0.15) is 0 Å². The molecule has 0 spiro atoms. The Balaban J connectivity index is 1.64. The molecule has 1 amide bonds. The summed E-state index contributed by atoms with van der Waals surface area (Å²) in [5, 5.41) is 0. The van der Waals surface area contributed by atoms with E-state index in [1.54, 1.807) is 4.90 Å². The maximum Gasteiger partial charge on any atom is 0.258 e. The van der Waals surface area contributed by atoms with Crippen molar-refractivity contribution < 1.29 is 4.79 Å². The van der Waals surface area contributed by atoms with Gasteiger partial charge in [0.15, 0.2) is 0 Å². The summed E-state index contributed by atoms with van der Waals surface area (Å²) in [6, 6.07) is 19.5. The van der Waals surface area contributed by atoms with Crippen molar-refractivity contribution in [3.05, 3.63) is 94.3 Å². The first-order chi connectivity index (χ1) is 18.0. The molecule has 5 rings (SSSR count). The van der Waals surface area contributed by atoms with Gasteiger partial charge in [0.1, 0.15) is 0 Å². The second-order valence-electron chi connectivity index (χ2n) is 12.5. The Morgan fingerprint density at radius 3 is 2.11 bits per heavy atom. The lowest BCUT2D eigenvalue weighted by atomic mass is 9.86. The van der Waals surface area contributed by atoms with Gasteiger partial charge < -0.3 is 9.30 Å². The Bertz CT molecular complexity index is 1460. The van der Waals surface area contributed by atoms with Gasteiger partial charge in [0, 0.05) is 35.8 Å². The number of pyridine rings is 1. The van der Waals surface area contributed by atoms with Crippen LogP contribution in [-0.4, -0.2) is 17.4 Å². The van der Waals surface area contributed by atoms with Crippen molar-refractivity contribution >= 4 is 17.1 Å². The second-order valence-corrected chi connectivity index (χ2v) is 12.5. The maximum absolute atomic E-state index is 14.0. The molecule has 2 aromatic heterocycles. The van der Waals surface area contributed by atoms with E-state index in [-0.39, 0.29) is 11.3 Å². The van der Waals surface area contributed by atoms with Crippen molar-refractivity contribution in [2.75, 3.05) is 11.9 Å². The first kappa shape index (κ1) is 26.3. The molecule has 2 heterocycles. The van der Waals surface area contributed by atoms with E-state index in [1.165, 1.54) is 71.2 Å². The molecule has 3 nitrogen and oxygen atoms in total. The molecule has 2 aromatic carbocycles. The molecule has 0 bridgehead atoms. The van der Waals surface area contributed by atoms with Crippen LogP contribution in [0.5, 0.6) is 0 Å². The lowest BCUT2D eigenvalue weighted by molar-refractivity contribution is 0.0993. The lowest BCUT2D eigenvalue weighted by Crippen LogP contribution is -2.27. The Morgan fingerprint density at radius 1 is 0.868 bits per heavy atom. The third-order valence-corrected chi connectivity index (χ3v) is 8.31. The fourth-order valence-electron chi connectivity index (χ4n) is 6.25. The average molecular weight is 507 g/mol. The number of benzene rings is 2. The molecule has 3 heteroatoms. The van der Waals surface area contributed by atoms with E-state index in [4.69, 9.17) is 0 Å². The zero-order chi connectivity index (χ0) is 27.2. The number of hydrogen-bond donors (Lipinski definition) is 0. The van der Waals surface area contributed by atoms with Gasteiger partial charge in [0.2, 0.25) is 0 Å². The molecule has 1 saturated carbocycles. The van der Waals surface area contributed by atoms with Crippen molar-refractivity contribution in [2.45, 2.75) is 85.0 Å². The number of rotatable bonds is 4. The van der Waals surface area contributed by atoms with E-state index in [0.29, 0.717) is 5.92 Å². The standard InChI is InChI=1S/C35H42N2O/c1-23-17-24(2)19-27(18-23)33-25(3)22-37-31(26-11-9-8-10-12-26)20-28(21-32(33)37)34(38)36(7)30-15-13-29(14-16-30)35(4,5)6/h13-22,26H,8-12H2,1-7H3. The topological polar surface area (TPSA) is 24.7 Å². The Morgan fingerprint density at radius 2 is 1.50 bits per heavy atom. The third-order valence-electron chi connectivity index (χ3n) is 8.31. The number of aromatic nitrogens is 1. The molecule has 0 saturated heterocycles. The predicted octanol–water partition coefficient (Wildman–Crippen LogP) is 9.15. The Labute approximate surface area is 228 Å². The van der Waals surface area contributed by atoms with Crippen LogP contribution in [-0.2, 0) is 5.41 Å². The van der Waals surface area contributed by atoms with Gasteiger partial charge in [-0.1, -0.05) is 81.5 Å². The minimum atomic E-state index is 0.0401. The van der Waals surface area contributed by atoms with Crippen LogP contribution in [0.25, 0.3) is 16.6 Å². The van der Waals surface area contributed by atoms with E-state index in [2.05, 4.69) is 107 Å². The van der Waals surface area contributed by atoms with E-state index in [1.807, 2.05) is 7.05 Å². The SMILES string of the molecule is Cc1cc(C)cc(-c2c(C)cn3c(C4CCCCC4)cc(C(=O)N(C)c4ccc(C(C)(C)C)cc4)cc23)c1. The van der Waals surface area contributed by atoms with E-state index >= 15 is 0 Å². The fraction of sp³-hybridized carbons (Fsp3) is 0.400. The minimum absolute atomic E-state index is 0.0401. The number of amides is 1.